The Morgan fingerprint density at radius 3 is 2.72 bits per heavy atom. The van der Waals surface area contributed by atoms with Crippen molar-refractivity contribution in [1.82, 2.24) is 19.5 Å². The number of imidazole rings is 2. The van der Waals surface area contributed by atoms with Crippen molar-refractivity contribution in [2.24, 2.45) is 0 Å². The van der Waals surface area contributed by atoms with E-state index in [9.17, 15) is 18.0 Å². The van der Waals surface area contributed by atoms with Crippen LogP contribution in [0.4, 0.5) is 18.9 Å². The van der Waals surface area contributed by atoms with E-state index in [-0.39, 0.29) is 11.0 Å². The number of aryl methyl sites for hydroxylation is 1. The molecular weight excluding hydrogens is 383 g/mol. The highest BCUT2D eigenvalue weighted by atomic mass is 19.4. The minimum Gasteiger partial charge on any atom is -0.345 e. The predicted molar refractivity (Wildman–Crippen MR) is 102 cm³/mol. The number of hydrogen-bond donors (Lipinski definition) is 2. The highest BCUT2D eigenvalue weighted by Gasteiger charge is 2.38. The maximum atomic E-state index is 13.4. The van der Waals surface area contributed by atoms with Crippen LogP contribution in [-0.2, 0) is 17.5 Å². The van der Waals surface area contributed by atoms with Crippen LogP contribution < -0.4 is 5.32 Å². The molecule has 0 aliphatic rings. The zero-order chi connectivity index (χ0) is 20.6. The monoisotopic (exact) mass is 399 g/mol. The van der Waals surface area contributed by atoms with Crippen LogP contribution in [0.2, 0.25) is 0 Å². The fourth-order valence-electron chi connectivity index (χ4n) is 3.11. The van der Waals surface area contributed by atoms with E-state index in [1.54, 1.807) is 43.6 Å². The number of nitrogens with zero attached hydrogens (tertiary/aromatic N) is 3. The number of halogens is 3. The molecule has 6 nitrogen and oxygen atoms in total. The Labute approximate surface area is 163 Å². The topological polar surface area (TPSA) is 75.6 Å². The first-order valence-electron chi connectivity index (χ1n) is 8.75. The molecule has 9 heteroatoms. The Morgan fingerprint density at radius 2 is 2.00 bits per heavy atom. The molecule has 0 aliphatic heterocycles. The second-order valence-corrected chi connectivity index (χ2v) is 6.52. The lowest BCUT2D eigenvalue weighted by atomic mass is 10.1. The molecule has 2 N–H and O–H groups in total. The number of alkyl halides is 3. The van der Waals surface area contributed by atoms with Crippen LogP contribution in [0, 0.1) is 6.92 Å². The first-order valence-corrected chi connectivity index (χ1v) is 8.75. The van der Waals surface area contributed by atoms with Gasteiger partial charge < -0.3 is 14.9 Å². The third-order valence-electron chi connectivity index (χ3n) is 4.49. The van der Waals surface area contributed by atoms with E-state index in [0.29, 0.717) is 11.5 Å². The highest BCUT2D eigenvalue weighted by molar-refractivity contribution is 5.93. The van der Waals surface area contributed by atoms with Gasteiger partial charge in [-0.2, -0.15) is 13.2 Å². The molecule has 0 saturated carbocycles. The summed E-state index contributed by atoms with van der Waals surface area (Å²) in [5, 5.41) is 2.70. The van der Waals surface area contributed by atoms with Crippen molar-refractivity contribution in [2.75, 3.05) is 5.32 Å². The van der Waals surface area contributed by atoms with Gasteiger partial charge in [0.05, 0.1) is 11.0 Å². The lowest BCUT2D eigenvalue weighted by Gasteiger charge is -2.13. The van der Waals surface area contributed by atoms with Gasteiger partial charge in [0.25, 0.3) is 0 Å². The maximum Gasteiger partial charge on any atom is 0.449 e. The number of carbonyl (C=O) groups is 1. The number of para-hydroxylation sites is 2. The van der Waals surface area contributed by atoms with Crippen molar-refractivity contribution in [3.05, 3.63) is 66.2 Å². The van der Waals surface area contributed by atoms with Crippen LogP contribution >= 0.6 is 0 Å². The van der Waals surface area contributed by atoms with Gasteiger partial charge in [0, 0.05) is 23.6 Å². The van der Waals surface area contributed by atoms with Crippen molar-refractivity contribution in [1.29, 1.82) is 0 Å². The van der Waals surface area contributed by atoms with E-state index in [4.69, 9.17) is 0 Å². The summed E-state index contributed by atoms with van der Waals surface area (Å²) in [5.74, 6) is -1.06. The van der Waals surface area contributed by atoms with E-state index in [1.165, 1.54) is 12.1 Å². The minimum absolute atomic E-state index is 0.184. The Kier molecular flexibility index (Phi) is 4.57. The van der Waals surface area contributed by atoms with Gasteiger partial charge in [-0.25, -0.2) is 9.97 Å². The van der Waals surface area contributed by atoms with E-state index in [2.05, 4.69) is 20.3 Å². The lowest BCUT2D eigenvalue weighted by Crippen LogP contribution is -2.23. The molecule has 0 atom stereocenters. The first kappa shape index (κ1) is 18.7. The summed E-state index contributed by atoms with van der Waals surface area (Å²) in [7, 11) is 0. The van der Waals surface area contributed by atoms with Crippen LogP contribution in [0.1, 0.15) is 11.4 Å². The minimum atomic E-state index is -4.67. The molecule has 0 aliphatic carbocycles. The van der Waals surface area contributed by atoms with Crippen molar-refractivity contribution in [3.63, 3.8) is 0 Å². The average molecular weight is 399 g/mol. The molecule has 4 rings (SSSR count). The smallest absolute Gasteiger partial charge is 0.345 e. The van der Waals surface area contributed by atoms with E-state index in [0.717, 1.165) is 15.7 Å². The Balaban J connectivity index is 1.64. The quantitative estimate of drug-likeness (QED) is 0.534. The number of H-pyrrole nitrogens is 1. The van der Waals surface area contributed by atoms with Crippen LogP contribution in [0.25, 0.3) is 22.4 Å². The fraction of sp³-hybridized carbons (Fsp3) is 0.150. The molecule has 0 unspecified atom stereocenters. The predicted octanol–water partition coefficient (Wildman–Crippen LogP) is 4.39. The average Bonchev–Trinajstić information content (AvgIpc) is 3.32. The van der Waals surface area contributed by atoms with E-state index in [1.807, 2.05) is 6.07 Å². The van der Waals surface area contributed by atoms with E-state index < -0.39 is 24.5 Å². The summed E-state index contributed by atoms with van der Waals surface area (Å²) in [6, 6.07) is 11.6. The number of aromatic amines is 1. The SMILES string of the molecule is Cc1ccc(-c2ncc[nH]2)cc1NC(=O)Cn1c(C(F)(F)F)nc2ccccc21. The molecule has 0 fully saturated rings. The molecule has 2 aromatic carbocycles. The third-order valence-corrected chi connectivity index (χ3v) is 4.49. The number of carbonyl (C=O) groups excluding carboxylic acids is 1. The van der Waals surface area contributed by atoms with Crippen LogP contribution in [0.5, 0.6) is 0 Å². The third kappa shape index (κ3) is 3.71. The second kappa shape index (κ2) is 7.08. The molecule has 2 heterocycles. The molecule has 0 bridgehead atoms. The van der Waals surface area contributed by atoms with Gasteiger partial charge in [-0.15, -0.1) is 0 Å². The van der Waals surface area contributed by atoms with E-state index >= 15 is 0 Å². The number of rotatable bonds is 4. The molecule has 29 heavy (non-hydrogen) atoms. The molecule has 0 saturated heterocycles. The largest absolute Gasteiger partial charge is 0.449 e. The zero-order valence-electron chi connectivity index (χ0n) is 15.3. The number of amides is 1. The molecule has 1 amide bonds. The number of nitrogens with one attached hydrogen (secondary N) is 2. The molecule has 0 radical (unpaired) electrons. The Morgan fingerprint density at radius 1 is 1.21 bits per heavy atom. The van der Waals surface area contributed by atoms with Crippen molar-refractivity contribution in [2.45, 2.75) is 19.6 Å². The summed E-state index contributed by atoms with van der Waals surface area (Å²) in [4.78, 5) is 23.4. The van der Waals surface area contributed by atoms with Gasteiger partial charge >= 0.3 is 6.18 Å². The van der Waals surface area contributed by atoms with Crippen molar-refractivity contribution >= 4 is 22.6 Å². The fourth-order valence-corrected chi connectivity index (χ4v) is 3.11. The molecule has 2 aromatic heterocycles. The van der Waals surface area contributed by atoms with Gasteiger partial charge in [0.2, 0.25) is 11.7 Å². The second-order valence-electron chi connectivity index (χ2n) is 6.52. The van der Waals surface area contributed by atoms with Crippen LogP contribution in [0.3, 0.4) is 0 Å². The number of fused-ring (bicyclic) bond motifs is 1. The number of aromatic nitrogens is 4. The van der Waals surface area contributed by atoms with Crippen LogP contribution in [-0.4, -0.2) is 25.4 Å². The maximum absolute atomic E-state index is 13.4. The van der Waals surface area contributed by atoms with Gasteiger partial charge in [-0.1, -0.05) is 24.3 Å². The standard InChI is InChI=1S/C20H16F3N5O/c1-12-6-7-13(18-24-8-9-25-18)10-15(12)26-17(29)11-28-16-5-3-2-4-14(16)27-19(28)20(21,22)23/h2-10H,11H2,1H3,(H,24,25)(H,26,29). The molecular formula is C20H16F3N5O. The summed E-state index contributed by atoms with van der Waals surface area (Å²) in [6.45, 7) is 1.29. The number of anilines is 1. The Hall–Kier alpha value is -3.62. The summed E-state index contributed by atoms with van der Waals surface area (Å²) in [5.41, 5.74) is 2.46. The highest BCUT2D eigenvalue weighted by Crippen LogP contribution is 2.31. The van der Waals surface area contributed by atoms with Gasteiger partial charge in [-0.05, 0) is 30.7 Å². The van der Waals surface area contributed by atoms with Gasteiger partial charge in [0.1, 0.15) is 12.4 Å². The normalized spacial score (nSPS) is 11.7. The molecule has 148 valence electrons. The summed E-state index contributed by atoms with van der Waals surface area (Å²) in [6.07, 6.45) is -1.39. The summed E-state index contributed by atoms with van der Waals surface area (Å²) < 4.78 is 41.1. The van der Waals surface area contributed by atoms with Crippen LogP contribution in [0.15, 0.2) is 54.9 Å². The molecule has 0 spiro atoms. The zero-order valence-corrected chi connectivity index (χ0v) is 15.3. The number of benzene rings is 2. The lowest BCUT2D eigenvalue weighted by molar-refractivity contribution is -0.147. The summed E-state index contributed by atoms with van der Waals surface area (Å²) >= 11 is 0. The van der Waals surface area contributed by atoms with Crippen molar-refractivity contribution in [3.8, 4) is 11.4 Å². The van der Waals surface area contributed by atoms with Gasteiger partial charge in [0.15, 0.2) is 0 Å². The van der Waals surface area contributed by atoms with Gasteiger partial charge in [-0.3, -0.25) is 4.79 Å². The van der Waals surface area contributed by atoms with Crippen molar-refractivity contribution < 1.29 is 18.0 Å². The molecule has 4 aromatic rings. The first-order chi connectivity index (χ1) is 13.8. The number of hydrogen-bond acceptors (Lipinski definition) is 3. The Bertz CT molecular complexity index is 1180.